The van der Waals surface area contributed by atoms with Crippen molar-refractivity contribution >= 4 is 28.0 Å². The molecule has 0 bridgehead atoms. The molecule has 3 heterocycles. The number of alkyl halides is 2. The van der Waals surface area contributed by atoms with E-state index in [1.165, 1.54) is 24.2 Å². The summed E-state index contributed by atoms with van der Waals surface area (Å²) in [6.45, 7) is 5.85. The molecule has 0 saturated heterocycles. The van der Waals surface area contributed by atoms with Crippen LogP contribution in [0.1, 0.15) is 73.3 Å². The summed E-state index contributed by atoms with van der Waals surface area (Å²) in [4.78, 5) is 21.2. The lowest BCUT2D eigenvalue weighted by Gasteiger charge is -2.31. The van der Waals surface area contributed by atoms with Gasteiger partial charge < -0.3 is 4.74 Å². The van der Waals surface area contributed by atoms with Gasteiger partial charge in [-0.25, -0.2) is 13.8 Å². The Kier molecular flexibility index (Phi) is 7.91. The van der Waals surface area contributed by atoms with Crippen molar-refractivity contribution in [3.8, 4) is 5.19 Å². The van der Waals surface area contributed by atoms with Crippen LogP contribution in [0.2, 0.25) is 0 Å². The number of carbonyl (C=O) groups is 1. The Balaban J connectivity index is 1.06. The molecule has 1 saturated carbocycles. The molecule has 0 amide bonds. The molecule has 0 radical (unpaired) electrons. The lowest BCUT2D eigenvalue weighted by Crippen LogP contribution is -2.32. The van der Waals surface area contributed by atoms with Gasteiger partial charge in [-0.05, 0) is 57.1 Å². The maximum atomic E-state index is 13.1. The normalized spacial score (nSPS) is 20.8. The summed E-state index contributed by atoms with van der Waals surface area (Å²) in [6, 6.07) is 5.85. The SMILES string of the molecule is CCn1cc2c(C(=O)CC3CCC(CCN4CCc5sc(OCC(C)(F)F)nc5C4)CC3)cccc2n1. The summed E-state index contributed by atoms with van der Waals surface area (Å²) in [5.74, 6) is -1.46. The Labute approximate surface area is 221 Å². The first kappa shape index (κ1) is 26.2. The minimum atomic E-state index is -2.85. The zero-order valence-corrected chi connectivity index (χ0v) is 22.5. The maximum Gasteiger partial charge on any atom is 0.278 e. The number of aromatic nitrogens is 3. The number of ether oxygens (including phenoxy) is 1. The Morgan fingerprint density at radius 2 is 2.00 bits per heavy atom. The van der Waals surface area contributed by atoms with Crippen LogP contribution in [0.3, 0.4) is 0 Å². The fourth-order valence-corrected chi connectivity index (χ4v) is 6.53. The van der Waals surface area contributed by atoms with Crippen molar-refractivity contribution in [2.45, 2.75) is 77.8 Å². The number of ketones is 1. The van der Waals surface area contributed by atoms with Gasteiger partial charge in [0, 0.05) is 55.0 Å². The molecule has 6 nitrogen and oxygen atoms in total. The third-order valence-corrected chi connectivity index (χ3v) is 8.82. The summed E-state index contributed by atoms with van der Waals surface area (Å²) in [5.41, 5.74) is 2.68. The van der Waals surface area contributed by atoms with E-state index in [0.29, 0.717) is 23.5 Å². The molecule has 2 aromatic heterocycles. The first-order valence-electron chi connectivity index (χ1n) is 13.5. The first-order chi connectivity index (χ1) is 17.8. The van der Waals surface area contributed by atoms with Gasteiger partial charge in [0.1, 0.15) is 0 Å². The van der Waals surface area contributed by atoms with Gasteiger partial charge in [-0.1, -0.05) is 36.3 Å². The highest BCUT2D eigenvalue weighted by molar-refractivity contribution is 7.13. The fraction of sp³-hybridized carbons (Fsp3) is 0.607. The molecule has 200 valence electrons. The molecule has 9 heteroatoms. The molecule has 1 aliphatic heterocycles. The number of hydrogen-bond acceptors (Lipinski definition) is 6. The average molecular weight is 531 g/mol. The molecular weight excluding hydrogens is 494 g/mol. The Bertz CT molecular complexity index is 1230. The van der Waals surface area contributed by atoms with E-state index in [-0.39, 0.29) is 5.78 Å². The second-order valence-corrected chi connectivity index (χ2v) is 11.8. The number of fused-ring (bicyclic) bond motifs is 2. The smallest absolute Gasteiger partial charge is 0.278 e. The number of aryl methyl sites for hydroxylation is 1. The molecule has 1 aliphatic carbocycles. The van der Waals surface area contributed by atoms with E-state index in [9.17, 15) is 13.6 Å². The summed E-state index contributed by atoms with van der Waals surface area (Å²) in [7, 11) is 0. The number of nitrogens with zero attached hydrogens (tertiary/aromatic N) is 4. The summed E-state index contributed by atoms with van der Waals surface area (Å²) in [5, 5.41) is 5.87. The van der Waals surface area contributed by atoms with Crippen molar-refractivity contribution in [1.82, 2.24) is 19.7 Å². The molecule has 0 unspecified atom stereocenters. The van der Waals surface area contributed by atoms with Crippen LogP contribution in [0.25, 0.3) is 10.9 Å². The molecule has 0 spiro atoms. The van der Waals surface area contributed by atoms with Crippen LogP contribution < -0.4 is 4.74 Å². The Hall–Kier alpha value is -2.39. The van der Waals surface area contributed by atoms with Crippen molar-refractivity contribution in [2.24, 2.45) is 11.8 Å². The minimum absolute atomic E-state index is 0.239. The Morgan fingerprint density at radius 1 is 1.22 bits per heavy atom. The van der Waals surface area contributed by atoms with Crippen LogP contribution >= 0.6 is 11.3 Å². The van der Waals surface area contributed by atoms with Crippen molar-refractivity contribution in [2.75, 3.05) is 19.7 Å². The van der Waals surface area contributed by atoms with Crippen LogP contribution in [0.15, 0.2) is 24.4 Å². The van der Waals surface area contributed by atoms with Crippen LogP contribution in [0.5, 0.6) is 5.19 Å². The summed E-state index contributed by atoms with van der Waals surface area (Å²) < 4.78 is 33.3. The van der Waals surface area contributed by atoms with E-state index in [1.54, 1.807) is 0 Å². The predicted octanol–water partition coefficient (Wildman–Crippen LogP) is 6.37. The van der Waals surface area contributed by atoms with Crippen LogP contribution in [-0.4, -0.2) is 51.1 Å². The lowest BCUT2D eigenvalue weighted by molar-refractivity contribution is -0.0230. The van der Waals surface area contributed by atoms with Gasteiger partial charge in [0.15, 0.2) is 12.4 Å². The topological polar surface area (TPSA) is 60.2 Å². The van der Waals surface area contributed by atoms with E-state index in [4.69, 9.17) is 4.74 Å². The van der Waals surface area contributed by atoms with E-state index in [1.807, 2.05) is 29.1 Å². The van der Waals surface area contributed by atoms with Crippen LogP contribution in [0, 0.1) is 11.8 Å². The van der Waals surface area contributed by atoms with E-state index in [0.717, 1.165) is 85.8 Å². The lowest BCUT2D eigenvalue weighted by atomic mass is 9.78. The molecule has 1 aromatic carbocycles. The van der Waals surface area contributed by atoms with Gasteiger partial charge in [-0.2, -0.15) is 5.10 Å². The van der Waals surface area contributed by atoms with Crippen molar-refractivity contribution in [3.63, 3.8) is 0 Å². The van der Waals surface area contributed by atoms with Gasteiger partial charge in [0.25, 0.3) is 11.1 Å². The first-order valence-corrected chi connectivity index (χ1v) is 14.3. The predicted molar refractivity (Wildman–Crippen MR) is 142 cm³/mol. The second-order valence-electron chi connectivity index (χ2n) is 10.8. The molecular formula is C28H36F2N4O2S. The average Bonchev–Trinajstić information content (AvgIpc) is 3.49. The quantitative estimate of drug-likeness (QED) is 0.285. The van der Waals surface area contributed by atoms with Gasteiger partial charge in [0.05, 0.1) is 11.2 Å². The number of thiazole rings is 1. The minimum Gasteiger partial charge on any atom is -0.464 e. The van der Waals surface area contributed by atoms with E-state index < -0.39 is 12.5 Å². The number of halogens is 2. The highest BCUT2D eigenvalue weighted by Crippen LogP contribution is 2.35. The maximum absolute atomic E-state index is 13.1. The molecule has 2 aliphatic rings. The van der Waals surface area contributed by atoms with Gasteiger partial charge >= 0.3 is 0 Å². The van der Waals surface area contributed by atoms with Crippen LogP contribution in [0.4, 0.5) is 8.78 Å². The molecule has 0 N–H and O–H groups in total. The Morgan fingerprint density at radius 3 is 2.76 bits per heavy atom. The van der Waals surface area contributed by atoms with Crippen molar-refractivity contribution < 1.29 is 18.3 Å². The summed E-state index contributed by atoms with van der Waals surface area (Å²) in [6.07, 6.45) is 9.24. The molecule has 3 aromatic rings. The number of benzene rings is 1. The second kappa shape index (κ2) is 11.2. The highest BCUT2D eigenvalue weighted by Gasteiger charge is 2.27. The van der Waals surface area contributed by atoms with Crippen molar-refractivity contribution in [1.29, 1.82) is 0 Å². The van der Waals surface area contributed by atoms with Gasteiger partial charge in [-0.3, -0.25) is 14.4 Å². The third kappa shape index (κ3) is 6.55. The highest BCUT2D eigenvalue weighted by atomic mass is 32.1. The monoisotopic (exact) mass is 530 g/mol. The van der Waals surface area contributed by atoms with Crippen molar-refractivity contribution in [3.05, 3.63) is 40.5 Å². The molecule has 37 heavy (non-hydrogen) atoms. The van der Waals surface area contributed by atoms with Crippen LogP contribution in [-0.2, 0) is 19.5 Å². The fourth-order valence-electron chi connectivity index (χ4n) is 5.63. The number of carbonyl (C=O) groups excluding carboxylic acids is 1. The molecule has 5 rings (SSSR count). The number of Topliss-reactive ketones (excluding diaryl/α,β-unsaturated/α-hetero) is 1. The van der Waals surface area contributed by atoms with Gasteiger partial charge in [-0.15, -0.1) is 0 Å². The zero-order valence-electron chi connectivity index (χ0n) is 21.7. The molecule has 1 fully saturated rings. The van der Waals surface area contributed by atoms with E-state index in [2.05, 4.69) is 21.9 Å². The largest absolute Gasteiger partial charge is 0.464 e. The summed E-state index contributed by atoms with van der Waals surface area (Å²) >= 11 is 1.40. The third-order valence-electron chi connectivity index (χ3n) is 7.75. The van der Waals surface area contributed by atoms with Gasteiger partial charge in [0.2, 0.25) is 0 Å². The standard InChI is InChI=1S/C28H36F2N4O2S/c1-3-34-16-22-21(5-4-6-23(22)32-34)25(35)15-20-9-7-19(8-10-20)11-13-33-14-12-26-24(17-33)31-27(37-26)36-18-28(2,29)30/h4-6,16,19-20H,3,7-15,17-18H2,1-2H3. The van der Waals surface area contributed by atoms with E-state index >= 15 is 0 Å². The number of rotatable bonds is 10. The number of hydrogen-bond donors (Lipinski definition) is 0. The zero-order chi connectivity index (χ0) is 26.0. The molecule has 0 atom stereocenters.